The lowest BCUT2D eigenvalue weighted by Crippen LogP contribution is -2.28. The number of sulfonamides is 1. The molecule has 0 heterocycles. The number of hydrogen-bond donors (Lipinski definition) is 2. The van der Waals surface area contributed by atoms with Gasteiger partial charge in [-0.25, -0.2) is 16.8 Å². The zero-order valence-electron chi connectivity index (χ0n) is 15.5. The molecule has 1 unspecified atom stereocenters. The maximum atomic E-state index is 12.7. The smallest absolute Gasteiger partial charge is 0.252 e. The van der Waals surface area contributed by atoms with Crippen LogP contribution in [0.1, 0.15) is 34.5 Å². The van der Waals surface area contributed by atoms with Gasteiger partial charge in [0.05, 0.1) is 22.9 Å². The van der Waals surface area contributed by atoms with Gasteiger partial charge < -0.3 is 5.32 Å². The van der Waals surface area contributed by atoms with Gasteiger partial charge in [0.15, 0.2) is 9.84 Å². The predicted molar refractivity (Wildman–Crippen MR) is 105 cm³/mol. The highest BCUT2D eigenvalue weighted by Gasteiger charge is 2.19. The number of carbonyl (C=O) groups is 1. The summed E-state index contributed by atoms with van der Waals surface area (Å²) in [4.78, 5) is 12.7. The number of sulfone groups is 1. The SMILES string of the molecule is Cc1ccc(S(C)(=O)=O)cc1C(=O)NC(C)c1ccccc1NS(C)(=O)=O. The van der Waals surface area contributed by atoms with Crippen molar-refractivity contribution in [2.75, 3.05) is 17.2 Å². The van der Waals surface area contributed by atoms with Crippen LogP contribution in [0.5, 0.6) is 0 Å². The highest BCUT2D eigenvalue weighted by atomic mass is 32.2. The van der Waals surface area contributed by atoms with Gasteiger partial charge in [-0.2, -0.15) is 0 Å². The Labute approximate surface area is 159 Å². The van der Waals surface area contributed by atoms with Crippen LogP contribution >= 0.6 is 0 Å². The Hall–Kier alpha value is -2.39. The minimum atomic E-state index is -3.47. The summed E-state index contributed by atoms with van der Waals surface area (Å²) in [5.74, 6) is -0.445. The zero-order valence-corrected chi connectivity index (χ0v) is 17.1. The summed E-state index contributed by atoms with van der Waals surface area (Å²) in [6.07, 6.45) is 2.13. The number of aryl methyl sites for hydroxylation is 1. The minimum Gasteiger partial charge on any atom is -0.345 e. The van der Waals surface area contributed by atoms with Gasteiger partial charge in [0.1, 0.15) is 0 Å². The first-order valence-corrected chi connectivity index (χ1v) is 11.8. The largest absolute Gasteiger partial charge is 0.345 e. The number of benzene rings is 2. The first-order chi connectivity index (χ1) is 12.4. The van der Waals surface area contributed by atoms with E-state index in [0.29, 0.717) is 16.8 Å². The third-order valence-electron chi connectivity index (χ3n) is 3.95. The van der Waals surface area contributed by atoms with Crippen LogP contribution in [-0.2, 0) is 19.9 Å². The topological polar surface area (TPSA) is 109 Å². The molecule has 2 rings (SSSR count). The van der Waals surface area contributed by atoms with E-state index in [2.05, 4.69) is 10.0 Å². The Morgan fingerprint density at radius 2 is 1.63 bits per heavy atom. The lowest BCUT2D eigenvalue weighted by molar-refractivity contribution is 0.0939. The van der Waals surface area contributed by atoms with Crippen molar-refractivity contribution in [2.45, 2.75) is 24.8 Å². The molecule has 1 atom stereocenters. The fraction of sp³-hybridized carbons (Fsp3) is 0.278. The predicted octanol–water partition coefficient (Wildman–Crippen LogP) is 2.26. The molecular weight excluding hydrogens is 388 g/mol. The van der Waals surface area contributed by atoms with E-state index in [1.165, 1.54) is 12.1 Å². The van der Waals surface area contributed by atoms with E-state index in [0.717, 1.165) is 12.5 Å². The second kappa shape index (κ2) is 7.69. The van der Waals surface area contributed by atoms with Gasteiger partial charge in [0.2, 0.25) is 10.0 Å². The van der Waals surface area contributed by atoms with E-state index in [9.17, 15) is 21.6 Å². The van der Waals surface area contributed by atoms with Crippen molar-refractivity contribution in [3.63, 3.8) is 0 Å². The number of amides is 1. The molecule has 0 aliphatic carbocycles. The molecule has 27 heavy (non-hydrogen) atoms. The Kier molecular flexibility index (Phi) is 5.96. The van der Waals surface area contributed by atoms with Gasteiger partial charge in [0.25, 0.3) is 5.91 Å². The van der Waals surface area contributed by atoms with Crippen LogP contribution in [0, 0.1) is 6.92 Å². The highest BCUT2D eigenvalue weighted by molar-refractivity contribution is 7.92. The molecule has 0 bridgehead atoms. The maximum Gasteiger partial charge on any atom is 0.252 e. The average Bonchev–Trinajstić information content (AvgIpc) is 2.52. The third kappa shape index (κ3) is 5.54. The number of hydrogen-bond acceptors (Lipinski definition) is 5. The fourth-order valence-electron chi connectivity index (χ4n) is 2.60. The minimum absolute atomic E-state index is 0.0602. The maximum absolute atomic E-state index is 12.7. The molecule has 0 aromatic heterocycles. The number of rotatable bonds is 6. The summed E-state index contributed by atoms with van der Waals surface area (Å²) >= 11 is 0. The standard InChI is InChI=1S/C18H22N2O5S2/c1-12-9-10-14(26(3,22)23)11-16(12)18(21)19-13(2)15-7-5-6-8-17(15)20-27(4,24)25/h5-11,13,20H,1-4H3,(H,19,21). The van der Waals surface area contributed by atoms with Crippen LogP contribution in [-0.4, -0.2) is 35.3 Å². The van der Waals surface area contributed by atoms with Gasteiger partial charge in [0, 0.05) is 11.8 Å². The second-order valence-corrected chi connectivity index (χ2v) is 10.2. The molecule has 0 aliphatic heterocycles. The normalized spacial score (nSPS) is 13.0. The third-order valence-corrected chi connectivity index (χ3v) is 5.65. The lowest BCUT2D eigenvalue weighted by Gasteiger charge is -2.19. The fourth-order valence-corrected chi connectivity index (χ4v) is 3.83. The summed E-state index contributed by atoms with van der Waals surface area (Å²) in [6.45, 7) is 3.43. The summed E-state index contributed by atoms with van der Waals surface area (Å²) in [6, 6.07) is 10.6. The number of carbonyl (C=O) groups excluding carboxylic acids is 1. The van der Waals surface area contributed by atoms with Gasteiger partial charge in [-0.1, -0.05) is 24.3 Å². The quantitative estimate of drug-likeness (QED) is 0.759. The van der Waals surface area contributed by atoms with Gasteiger partial charge in [-0.15, -0.1) is 0 Å². The number of nitrogens with one attached hydrogen (secondary N) is 2. The van der Waals surface area contributed by atoms with Crippen LogP contribution in [0.25, 0.3) is 0 Å². The van der Waals surface area contributed by atoms with E-state index >= 15 is 0 Å². The van der Waals surface area contributed by atoms with Crippen molar-refractivity contribution in [3.8, 4) is 0 Å². The van der Waals surface area contributed by atoms with Gasteiger partial charge in [-0.05, 0) is 43.2 Å². The van der Waals surface area contributed by atoms with Crippen molar-refractivity contribution in [1.29, 1.82) is 0 Å². The van der Waals surface area contributed by atoms with Crippen molar-refractivity contribution < 1.29 is 21.6 Å². The molecule has 0 saturated carbocycles. The van der Waals surface area contributed by atoms with Crippen LogP contribution in [0.2, 0.25) is 0 Å². The number of anilines is 1. The van der Waals surface area contributed by atoms with Crippen molar-refractivity contribution in [1.82, 2.24) is 5.32 Å². The molecule has 9 heteroatoms. The van der Waals surface area contributed by atoms with Crippen molar-refractivity contribution in [2.24, 2.45) is 0 Å². The van der Waals surface area contributed by atoms with E-state index in [-0.39, 0.29) is 10.5 Å². The van der Waals surface area contributed by atoms with Crippen LogP contribution in [0.3, 0.4) is 0 Å². The molecule has 0 radical (unpaired) electrons. The van der Waals surface area contributed by atoms with Crippen LogP contribution in [0.15, 0.2) is 47.4 Å². The molecule has 1 amide bonds. The average molecular weight is 411 g/mol. The Balaban J connectivity index is 2.32. The van der Waals surface area contributed by atoms with E-state index in [1.54, 1.807) is 44.2 Å². The summed E-state index contributed by atoms with van der Waals surface area (Å²) in [5, 5.41) is 2.79. The van der Waals surface area contributed by atoms with Gasteiger partial charge in [-0.3, -0.25) is 9.52 Å². The number of para-hydroxylation sites is 1. The van der Waals surface area contributed by atoms with Crippen LogP contribution < -0.4 is 10.0 Å². The van der Waals surface area contributed by atoms with E-state index < -0.39 is 31.8 Å². The van der Waals surface area contributed by atoms with E-state index in [1.807, 2.05) is 0 Å². The Morgan fingerprint density at radius 1 is 1.00 bits per heavy atom. The van der Waals surface area contributed by atoms with Gasteiger partial charge >= 0.3 is 0 Å². The molecule has 146 valence electrons. The Bertz CT molecular complexity index is 1080. The van der Waals surface area contributed by atoms with E-state index in [4.69, 9.17) is 0 Å². The lowest BCUT2D eigenvalue weighted by atomic mass is 10.0. The van der Waals surface area contributed by atoms with Crippen molar-refractivity contribution in [3.05, 3.63) is 59.2 Å². The summed E-state index contributed by atoms with van der Waals surface area (Å²) in [7, 11) is -6.91. The molecule has 2 N–H and O–H groups in total. The summed E-state index contributed by atoms with van der Waals surface area (Å²) < 4.78 is 49.0. The molecular formula is C18H22N2O5S2. The summed E-state index contributed by atoms with van der Waals surface area (Å²) in [5.41, 5.74) is 1.84. The molecule has 0 saturated heterocycles. The molecule has 0 fully saturated rings. The molecule has 2 aromatic rings. The van der Waals surface area contributed by atoms with Crippen LogP contribution in [0.4, 0.5) is 5.69 Å². The molecule has 0 aliphatic rings. The molecule has 2 aromatic carbocycles. The highest BCUT2D eigenvalue weighted by Crippen LogP contribution is 2.24. The molecule has 7 nitrogen and oxygen atoms in total. The zero-order chi connectivity index (χ0) is 20.4. The first-order valence-electron chi connectivity index (χ1n) is 8.07. The van der Waals surface area contributed by atoms with Crippen molar-refractivity contribution >= 4 is 31.5 Å². The Morgan fingerprint density at radius 3 is 2.22 bits per heavy atom. The molecule has 0 spiro atoms. The second-order valence-electron chi connectivity index (χ2n) is 6.41. The first kappa shape index (κ1) is 20.9. The monoisotopic (exact) mass is 410 g/mol.